The molecule has 0 bridgehead atoms. The average molecular weight is 241 g/mol. The van der Waals surface area contributed by atoms with Crippen molar-refractivity contribution in [2.45, 2.75) is 32.7 Å². The Hall–Kier alpha value is -1.10. The third kappa shape index (κ3) is 2.29. The number of carbonyl (C=O) groups is 2. The predicted octanol–water partition coefficient (Wildman–Crippen LogP) is 0.638. The molecular formula is C12H19NO4. The molecule has 1 saturated carbocycles. The van der Waals surface area contributed by atoms with Crippen LogP contribution in [0.4, 0.5) is 0 Å². The van der Waals surface area contributed by atoms with Crippen molar-refractivity contribution in [1.29, 1.82) is 0 Å². The second-order valence-electron chi connectivity index (χ2n) is 5.43. The highest BCUT2D eigenvalue weighted by Crippen LogP contribution is 2.37. The van der Waals surface area contributed by atoms with Crippen LogP contribution in [0.5, 0.6) is 0 Å². The first-order valence-corrected chi connectivity index (χ1v) is 6.06. The number of hydrogen-bond donors (Lipinski definition) is 2. The number of nitrogens with one attached hydrogen (secondary N) is 1. The van der Waals surface area contributed by atoms with Gasteiger partial charge >= 0.3 is 5.97 Å². The SMILES string of the molecule is CC(C(=O)NC1COCC1(C)C(=O)O)C1CC1. The van der Waals surface area contributed by atoms with Gasteiger partial charge in [0.05, 0.1) is 19.3 Å². The maximum absolute atomic E-state index is 11.9. The Bertz CT molecular complexity index is 339. The van der Waals surface area contributed by atoms with E-state index in [0.29, 0.717) is 5.92 Å². The monoisotopic (exact) mass is 241 g/mol. The molecule has 2 aliphatic rings. The largest absolute Gasteiger partial charge is 0.481 e. The Morgan fingerprint density at radius 1 is 1.47 bits per heavy atom. The third-order valence-electron chi connectivity index (χ3n) is 4.00. The van der Waals surface area contributed by atoms with E-state index in [1.807, 2.05) is 6.92 Å². The minimum atomic E-state index is -1.00. The topological polar surface area (TPSA) is 75.6 Å². The Labute approximate surface area is 101 Å². The van der Waals surface area contributed by atoms with Crippen LogP contribution in [0.2, 0.25) is 0 Å². The van der Waals surface area contributed by atoms with Crippen LogP contribution in [0.15, 0.2) is 0 Å². The summed E-state index contributed by atoms with van der Waals surface area (Å²) in [5, 5.41) is 12.0. The van der Waals surface area contributed by atoms with E-state index < -0.39 is 17.4 Å². The summed E-state index contributed by atoms with van der Waals surface area (Å²) in [4.78, 5) is 23.1. The predicted molar refractivity (Wildman–Crippen MR) is 60.4 cm³/mol. The third-order valence-corrected chi connectivity index (χ3v) is 4.00. The first-order chi connectivity index (χ1) is 7.95. The van der Waals surface area contributed by atoms with Gasteiger partial charge < -0.3 is 15.2 Å². The number of aliphatic carboxylic acids is 1. The van der Waals surface area contributed by atoms with E-state index in [4.69, 9.17) is 4.74 Å². The van der Waals surface area contributed by atoms with E-state index in [1.165, 1.54) is 0 Å². The molecule has 96 valence electrons. The highest BCUT2D eigenvalue weighted by Gasteiger charge is 2.48. The first-order valence-electron chi connectivity index (χ1n) is 6.06. The Balaban J connectivity index is 1.97. The average Bonchev–Trinajstić information content (AvgIpc) is 3.04. The molecule has 17 heavy (non-hydrogen) atoms. The van der Waals surface area contributed by atoms with Gasteiger partial charge in [0.1, 0.15) is 5.41 Å². The van der Waals surface area contributed by atoms with E-state index in [0.717, 1.165) is 12.8 Å². The van der Waals surface area contributed by atoms with Crippen LogP contribution in [-0.2, 0) is 14.3 Å². The van der Waals surface area contributed by atoms with Gasteiger partial charge in [-0.3, -0.25) is 9.59 Å². The lowest BCUT2D eigenvalue weighted by Crippen LogP contribution is -2.51. The van der Waals surface area contributed by atoms with E-state index in [9.17, 15) is 14.7 Å². The minimum absolute atomic E-state index is 0.0198. The summed E-state index contributed by atoms with van der Waals surface area (Å²) in [6.45, 7) is 3.97. The number of carboxylic acid groups (broad SMARTS) is 1. The fourth-order valence-corrected chi connectivity index (χ4v) is 2.20. The highest BCUT2D eigenvalue weighted by atomic mass is 16.5. The maximum atomic E-state index is 11.9. The van der Waals surface area contributed by atoms with Crippen LogP contribution in [0, 0.1) is 17.3 Å². The molecule has 1 heterocycles. The van der Waals surface area contributed by atoms with Crippen molar-refractivity contribution in [1.82, 2.24) is 5.32 Å². The number of hydrogen-bond acceptors (Lipinski definition) is 3. The van der Waals surface area contributed by atoms with Gasteiger partial charge in [-0.05, 0) is 25.7 Å². The van der Waals surface area contributed by atoms with Crippen LogP contribution < -0.4 is 5.32 Å². The quantitative estimate of drug-likeness (QED) is 0.757. The van der Waals surface area contributed by atoms with Crippen molar-refractivity contribution in [2.24, 2.45) is 17.3 Å². The molecule has 3 unspecified atom stereocenters. The highest BCUT2D eigenvalue weighted by molar-refractivity contribution is 5.82. The van der Waals surface area contributed by atoms with Crippen molar-refractivity contribution in [3.63, 3.8) is 0 Å². The number of carbonyl (C=O) groups excluding carboxylic acids is 1. The first kappa shape index (κ1) is 12.4. The lowest BCUT2D eigenvalue weighted by atomic mass is 9.85. The second-order valence-corrected chi connectivity index (χ2v) is 5.43. The second kappa shape index (κ2) is 4.29. The van der Waals surface area contributed by atoms with Gasteiger partial charge in [-0.25, -0.2) is 0 Å². The van der Waals surface area contributed by atoms with Gasteiger partial charge in [0.25, 0.3) is 0 Å². The molecule has 1 aliphatic heterocycles. The van der Waals surface area contributed by atoms with Gasteiger partial charge in [-0.15, -0.1) is 0 Å². The van der Waals surface area contributed by atoms with Gasteiger partial charge in [-0.2, -0.15) is 0 Å². The molecule has 0 radical (unpaired) electrons. The molecule has 1 aliphatic carbocycles. The van der Waals surface area contributed by atoms with Gasteiger partial charge in [0, 0.05) is 5.92 Å². The molecule has 0 aromatic carbocycles. The Morgan fingerprint density at radius 3 is 2.65 bits per heavy atom. The number of amides is 1. The van der Waals surface area contributed by atoms with E-state index in [-0.39, 0.29) is 25.0 Å². The molecule has 2 N–H and O–H groups in total. The number of rotatable bonds is 4. The summed E-state index contributed by atoms with van der Waals surface area (Å²) in [6.07, 6.45) is 2.21. The molecule has 5 nitrogen and oxygen atoms in total. The summed E-state index contributed by atoms with van der Waals surface area (Å²) in [5.74, 6) is -0.503. The minimum Gasteiger partial charge on any atom is -0.481 e. The van der Waals surface area contributed by atoms with E-state index in [2.05, 4.69) is 5.32 Å². The zero-order valence-electron chi connectivity index (χ0n) is 10.2. The van der Waals surface area contributed by atoms with Crippen molar-refractivity contribution in [3.05, 3.63) is 0 Å². The van der Waals surface area contributed by atoms with Crippen molar-refractivity contribution >= 4 is 11.9 Å². The fourth-order valence-electron chi connectivity index (χ4n) is 2.20. The zero-order valence-corrected chi connectivity index (χ0v) is 10.2. The Kier molecular flexibility index (Phi) is 3.12. The lowest BCUT2D eigenvalue weighted by molar-refractivity contribution is -0.149. The normalized spacial score (nSPS) is 34.4. The van der Waals surface area contributed by atoms with Crippen LogP contribution in [0.25, 0.3) is 0 Å². The molecule has 3 atom stereocenters. The molecule has 1 saturated heterocycles. The molecule has 5 heteroatoms. The van der Waals surface area contributed by atoms with Crippen LogP contribution >= 0.6 is 0 Å². The number of carboxylic acids is 1. The fraction of sp³-hybridized carbons (Fsp3) is 0.833. The van der Waals surface area contributed by atoms with Crippen molar-refractivity contribution in [3.8, 4) is 0 Å². The van der Waals surface area contributed by atoms with E-state index in [1.54, 1.807) is 6.92 Å². The lowest BCUT2D eigenvalue weighted by Gasteiger charge is -2.26. The van der Waals surface area contributed by atoms with E-state index >= 15 is 0 Å². The molecule has 0 aromatic heterocycles. The summed E-state index contributed by atoms with van der Waals surface area (Å²) >= 11 is 0. The summed E-state index contributed by atoms with van der Waals surface area (Å²) < 4.78 is 5.20. The zero-order chi connectivity index (χ0) is 12.6. The van der Waals surface area contributed by atoms with Crippen LogP contribution in [0.3, 0.4) is 0 Å². The molecule has 0 aromatic rings. The molecular weight excluding hydrogens is 222 g/mol. The van der Waals surface area contributed by atoms with Gasteiger partial charge in [0.15, 0.2) is 0 Å². The van der Waals surface area contributed by atoms with Crippen molar-refractivity contribution < 1.29 is 19.4 Å². The summed E-state index contributed by atoms with van der Waals surface area (Å²) in [7, 11) is 0. The molecule has 1 amide bonds. The number of ether oxygens (including phenoxy) is 1. The van der Waals surface area contributed by atoms with Crippen molar-refractivity contribution in [2.75, 3.05) is 13.2 Å². The molecule has 0 spiro atoms. The smallest absolute Gasteiger partial charge is 0.313 e. The standard InChI is InChI=1S/C12H19NO4/c1-7(8-3-4-8)10(14)13-9-5-17-6-12(9,2)11(15)16/h7-9H,3-6H2,1-2H3,(H,13,14)(H,15,16). The van der Waals surface area contributed by atoms with Crippen LogP contribution in [0.1, 0.15) is 26.7 Å². The summed E-state index contributed by atoms with van der Waals surface area (Å²) in [6, 6.07) is -0.423. The van der Waals surface area contributed by atoms with Gasteiger partial charge in [0.2, 0.25) is 5.91 Å². The molecule has 2 rings (SSSR count). The van der Waals surface area contributed by atoms with Crippen LogP contribution in [-0.4, -0.2) is 36.2 Å². The van der Waals surface area contributed by atoms with Gasteiger partial charge in [-0.1, -0.05) is 6.92 Å². The summed E-state index contributed by atoms with van der Waals surface area (Å²) in [5.41, 5.74) is -1.00. The maximum Gasteiger partial charge on any atom is 0.313 e. The Morgan fingerprint density at radius 2 is 2.12 bits per heavy atom. The molecule has 2 fully saturated rings.